The highest BCUT2D eigenvalue weighted by Crippen LogP contribution is 2.34. The van der Waals surface area contributed by atoms with E-state index in [-0.39, 0.29) is 17.7 Å². The van der Waals surface area contributed by atoms with E-state index in [9.17, 15) is 9.18 Å². The summed E-state index contributed by atoms with van der Waals surface area (Å²) in [6.45, 7) is 5.88. The summed E-state index contributed by atoms with van der Waals surface area (Å²) in [4.78, 5) is 33.0. The number of aromatic nitrogens is 3. The number of carbonyl (C=O) groups excluding carboxylic acids is 1. The normalized spacial score (nSPS) is 17.8. The molecule has 0 unspecified atom stereocenters. The fourth-order valence-corrected chi connectivity index (χ4v) is 4.93. The molecular formula is C21H24FN7O2S. The molecule has 2 N–H and O–H groups in total. The van der Waals surface area contributed by atoms with Crippen molar-refractivity contribution < 1.29 is 13.9 Å². The minimum absolute atomic E-state index is 0.152. The first-order chi connectivity index (χ1) is 15.6. The third kappa shape index (κ3) is 4.36. The van der Waals surface area contributed by atoms with Gasteiger partial charge in [0.2, 0.25) is 11.9 Å². The molecule has 32 heavy (non-hydrogen) atoms. The number of hydrogen-bond donors (Lipinski definition) is 1. The number of anilines is 2. The van der Waals surface area contributed by atoms with E-state index in [0.29, 0.717) is 62.1 Å². The first-order valence-electron chi connectivity index (χ1n) is 10.6. The molecule has 5 rings (SSSR count). The van der Waals surface area contributed by atoms with Gasteiger partial charge in [-0.3, -0.25) is 9.69 Å². The number of amides is 1. The van der Waals surface area contributed by atoms with Gasteiger partial charge in [-0.15, -0.1) is 0 Å². The minimum Gasteiger partial charge on any atom is -0.378 e. The molecule has 0 saturated carbocycles. The molecule has 0 spiro atoms. The number of nitrogen functional groups attached to an aromatic ring is 1. The first-order valence-corrected chi connectivity index (χ1v) is 11.4. The van der Waals surface area contributed by atoms with E-state index >= 15 is 0 Å². The van der Waals surface area contributed by atoms with Gasteiger partial charge in [-0.1, -0.05) is 11.3 Å². The van der Waals surface area contributed by atoms with E-state index in [1.165, 1.54) is 23.5 Å². The van der Waals surface area contributed by atoms with Crippen molar-refractivity contribution in [2.75, 3.05) is 69.7 Å². The molecule has 1 amide bonds. The molecule has 3 aromatic rings. The van der Waals surface area contributed by atoms with Gasteiger partial charge in [0.05, 0.1) is 19.8 Å². The highest BCUT2D eigenvalue weighted by Gasteiger charge is 2.26. The predicted molar refractivity (Wildman–Crippen MR) is 121 cm³/mol. The number of hydrogen-bond acceptors (Lipinski definition) is 9. The van der Waals surface area contributed by atoms with Gasteiger partial charge in [0, 0.05) is 44.8 Å². The molecule has 2 aromatic heterocycles. The summed E-state index contributed by atoms with van der Waals surface area (Å²) in [6.07, 6.45) is 0. The number of halogens is 1. The van der Waals surface area contributed by atoms with Crippen LogP contribution in [0, 0.1) is 5.82 Å². The lowest BCUT2D eigenvalue weighted by molar-refractivity contribution is -0.136. The van der Waals surface area contributed by atoms with Crippen LogP contribution in [0.25, 0.3) is 20.9 Å². The number of piperazine rings is 1. The Morgan fingerprint density at radius 3 is 2.47 bits per heavy atom. The Morgan fingerprint density at radius 1 is 1.03 bits per heavy atom. The smallest absolute Gasteiger partial charge is 0.236 e. The molecule has 9 nitrogen and oxygen atoms in total. The Hall–Kier alpha value is -2.89. The molecular weight excluding hydrogens is 433 g/mol. The second-order valence-corrected chi connectivity index (χ2v) is 8.82. The Labute approximate surface area is 188 Å². The van der Waals surface area contributed by atoms with Crippen molar-refractivity contribution in [2.24, 2.45) is 0 Å². The third-order valence-corrected chi connectivity index (χ3v) is 6.74. The van der Waals surface area contributed by atoms with E-state index in [1.807, 2.05) is 4.90 Å². The van der Waals surface area contributed by atoms with Crippen molar-refractivity contribution in [3.8, 4) is 10.6 Å². The van der Waals surface area contributed by atoms with Gasteiger partial charge in [0.15, 0.2) is 10.6 Å². The maximum atomic E-state index is 13.3. The standard InChI is InChI=1S/C21H24FN7O2S/c22-15-3-1-14(2-4-15)19-24-17-18(25-21(23)26-20(17)32-19)29-7-5-27(6-8-29)13-16(30)28-9-11-31-12-10-28/h1-4H,5-13H2,(H2,23,25,26). The van der Waals surface area contributed by atoms with Crippen molar-refractivity contribution in [3.63, 3.8) is 0 Å². The van der Waals surface area contributed by atoms with Crippen LogP contribution < -0.4 is 10.6 Å². The van der Waals surface area contributed by atoms with Crippen LogP contribution in [-0.4, -0.2) is 89.7 Å². The average Bonchev–Trinajstić information content (AvgIpc) is 3.24. The molecule has 4 heterocycles. The van der Waals surface area contributed by atoms with Crippen LogP contribution in [0.2, 0.25) is 0 Å². The number of nitrogens with zero attached hydrogens (tertiary/aromatic N) is 6. The van der Waals surface area contributed by atoms with Crippen LogP contribution in [0.3, 0.4) is 0 Å². The number of benzene rings is 1. The van der Waals surface area contributed by atoms with Crippen LogP contribution in [0.1, 0.15) is 0 Å². The molecule has 168 valence electrons. The Bertz CT molecular complexity index is 1110. The zero-order chi connectivity index (χ0) is 22.1. The Morgan fingerprint density at radius 2 is 1.75 bits per heavy atom. The Balaban J connectivity index is 1.30. The fourth-order valence-electron chi connectivity index (χ4n) is 3.98. The molecule has 2 aliphatic rings. The molecule has 2 aliphatic heterocycles. The topological polar surface area (TPSA) is 101 Å². The lowest BCUT2D eigenvalue weighted by Crippen LogP contribution is -2.51. The fraction of sp³-hybridized carbons (Fsp3) is 0.429. The predicted octanol–water partition coefficient (Wildman–Crippen LogP) is 1.46. The van der Waals surface area contributed by atoms with Crippen LogP contribution >= 0.6 is 11.3 Å². The molecule has 0 bridgehead atoms. The van der Waals surface area contributed by atoms with Crippen LogP contribution in [0.4, 0.5) is 16.2 Å². The maximum absolute atomic E-state index is 13.3. The molecule has 2 fully saturated rings. The van der Waals surface area contributed by atoms with Gasteiger partial charge in [0.1, 0.15) is 16.3 Å². The monoisotopic (exact) mass is 457 g/mol. The van der Waals surface area contributed by atoms with E-state index in [2.05, 4.69) is 19.8 Å². The summed E-state index contributed by atoms with van der Waals surface area (Å²) >= 11 is 1.41. The van der Waals surface area contributed by atoms with E-state index in [1.54, 1.807) is 12.1 Å². The second-order valence-electron chi connectivity index (χ2n) is 7.84. The summed E-state index contributed by atoms with van der Waals surface area (Å²) in [6, 6.07) is 6.24. The van der Waals surface area contributed by atoms with Crippen molar-refractivity contribution in [3.05, 3.63) is 30.1 Å². The van der Waals surface area contributed by atoms with Crippen molar-refractivity contribution in [1.82, 2.24) is 24.8 Å². The number of thiazole rings is 1. The van der Waals surface area contributed by atoms with Gasteiger partial charge in [-0.25, -0.2) is 14.4 Å². The highest BCUT2D eigenvalue weighted by atomic mass is 32.1. The van der Waals surface area contributed by atoms with Crippen molar-refractivity contribution in [2.45, 2.75) is 0 Å². The summed E-state index contributed by atoms with van der Waals surface area (Å²) in [5.41, 5.74) is 7.50. The van der Waals surface area contributed by atoms with E-state index < -0.39 is 0 Å². The second kappa shape index (κ2) is 8.93. The lowest BCUT2D eigenvalue weighted by Gasteiger charge is -2.36. The number of rotatable bonds is 4. The van der Waals surface area contributed by atoms with Gasteiger partial charge >= 0.3 is 0 Å². The number of ether oxygens (including phenoxy) is 1. The maximum Gasteiger partial charge on any atom is 0.236 e. The molecule has 0 aliphatic carbocycles. The summed E-state index contributed by atoms with van der Waals surface area (Å²) < 4.78 is 18.6. The zero-order valence-electron chi connectivity index (χ0n) is 17.5. The largest absolute Gasteiger partial charge is 0.378 e. The number of carbonyl (C=O) groups is 1. The van der Waals surface area contributed by atoms with Crippen LogP contribution in [-0.2, 0) is 9.53 Å². The van der Waals surface area contributed by atoms with E-state index in [0.717, 1.165) is 23.7 Å². The SMILES string of the molecule is Nc1nc(N2CCN(CC(=O)N3CCOCC3)CC2)c2nc(-c3ccc(F)cc3)sc2n1. The minimum atomic E-state index is -0.287. The lowest BCUT2D eigenvalue weighted by atomic mass is 10.2. The number of fused-ring (bicyclic) bond motifs is 1. The van der Waals surface area contributed by atoms with Gasteiger partial charge in [-0.2, -0.15) is 4.98 Å². The molecule has 1 aromatic carbocycles. The Kier molecular flexibility index (Phi) is 5.85. The molecule has 11 heteroatoms. The summed E-state index contributed by atoms with van der Waals surface area (Å²) in [7, 11) is 0. The highest BCUT2D eigenvalue weighted by molar-refractivity contribution is 7.21. The zero-order valence-corrected chi connectivity index (χ0v) is 18.4. The van der Waals surface area contributed by atoms with Gasteiger partial charge < -0.3 is 20.3 Å². The number of nitrogens with two attached hydrogens (primary N) is 1. The van der Waals surface area contributed by atoms with Crippen molar-refractivity contribution in [1.29, 1.82) is 0 Å². The van der Waals surface area contributed by atoms with Gasteiger partial charge in [-0.05, 0) is 24.3 Å². The molecule has 0 atom stereocenters. The van der Waals surface area contributed by atoms with Gasteiger partial charge in [0.25, 0.3) is 0 Å². The van der Waals surface area contributed by atoms with Crippen LogP contribution in [0.15, 0.2) is 24.3 Å². The van der Waals surface area contributed by atoms with Crippen molar-refractivity contribution >= 4 is 39.4 Å². The average molecular weight is 458 g/mol. The number of morpholine rings is 1. The summed E-state index contributed by atoms with van der Waals surface area (Å²) in [5.74, 6) is 0.770. The third-order valence-electron chi connectivity index (χ3n) is 5.74. The molecule has 0 radical (unpaired) electrons. The quantitative estimate of drug-likeness (QED) is 0.629. The summed E-state index contributed by atoms with van der Waals surface area (Å²) in [5, 5.41) is 0.746. The van der Waals surface area contributed by atoms with Crippen LogP contribution in [0.5, 0.6) is 0 Å². The van der Waals surface area contributed by atoms with E-state index in [4.69, 9.17) is 15.5 Å². The molecule has 2 saturated heterocycles. The first kappa shape index (κ1) is 21.0.